The monoisotopic (exact) mass is 412 g/mol. The third kappa shape index (κ3) is 4.34. The predicted octanol–water partition coefficient (Wildman–Crippen LogP) is 4.14. The minimum atomic E-state index is -1.26. The van der Waals surface area contributed by atoms with E-state index in [1.165, 1.54) is 0 Å². The van der Waals surface area contributed by atoms with Gasteiger partial charge in [-0.05, 0) is 16.7 Å². The average Bonchev–Trinajstić information content (AvgIpc) is 2.80. The summed E-state index contributed by atoms with van der Waals surface area (Å²) < 4.78 is 0. The van der Waals surface area contributed by atoms with Gasteiger partial charge in [0, 0.05) is 12.3 Å². The van der Waals surface area contributed by atoms with Crippen molar-refractivity contribution < 1.29 is 14.7 Å². The highest BCUT2D eigenvalue weighted by Gasteiger charge is 2.45. The van der Waals surface area contributed by atoms with Gasteiger partial charge in [0.05, 0.1) is 6.07 Å². The number of carbonyl (C=O) groups excluding carboxylic acids is 1. The third-order valence-corrected chi connectivity index (χ3v) is 5.50. The van der Waals surface area contributed by atoms with Crippen LogP contribution in [-0.4, -0.2) is 23.0 Å². The Morgan fingerprint density at radius 3 is 1.58 bits per heavy atom. The van der Waals surface area contributed by atoms with Crippen molar-refractivity contribution in [2.24, 2.45) is 5.92 Å². The highest BCUT2D eigenvalue weighted by Crippen LogP contribution is 2.39. The molecule has 0 saturated carbocycles. The van der Waals surface area contributed by atoms with Gasteiger partial charge in [-0.15, -0.1) is 0 Å². The lowest BCUT2D eigenvalue weighted by atomic mass is 9.68. The number of hydrogen-bond acceptors (Lipinski definition) is 3. The molecule has 156 valence electrons. The van der Waals surface area contributed by atoms with Gasteiger partial charge in [0.1, 0.15) is 11.5 Å². The molecule has 2 N–H and O–H groups in total. The molecule has 3 rings (SSSR count). The third-order valence-electron chi connectivity index (χ3n) is 5.50. The molecule has 3 aromatic carbocycles. The lowest BCUT2D eigenvalue weighted by Gasteiger charge is -2.36. The van der Waals surface area contributed by atoms with Gasteiger partial charge in [-0.3, -0.25) is 4.79 Å². The van der Waals surface area contributed by atoms with Crippen LogP contribution in [0.15, 0.2) is 91.0 Å². The van der Waals surface area contributed by atoms with E-state index in [1.54, 1.807) is 6.92 Å². The molecule has 0 aliphatic rings. The first-order valence-corrected chi connectivity index (χ1v) is 10.1. The van der Waals surface area contributed by atoms with Crippen LogP contribution in [0.5, 0.6) is 0 Å². The maximum Gasteiger partial charge on any atom is 0.326 e. The summed E-state index contributed by atoms with van der Waals surface area (Å²) in [6.45, 7) is 1.65. The van der Waals surface area contributed by atoms with Gasteiger partial charge in [0.15, 0.2) is 0 Å². The van der Waals surface area contributed by atoms with E-state index in [-0.39, 0.29) is 6.42 Å². The minimum Gasteiger partial charge on any atom is -0.480 e. The Kier molecular flexibility index (Phi) is 6.84. The molecule has 2 atom stereocenters. The van der Waals surface area contributed by atoms with Crippen molar-refractivity contribution in [2.75, 3.05) is 0 Å². The molecule has 0 heterocycles. The fourth-order valence-corrected chi connectivity index (χ4v) is 3.92. The van der Waals surface area contributed by atoms with Crippen LogP contribution in [0, 0.1) is 17.2 Å². The van der Waals surface area contributed by atoms with E-state index in [4.69, 9.17) is 5.26 Å². The highest BCUT2D eigenvalue weighted by atomic mass is 16.4. The number of carboxylic acids is 1. The van der Waals surface area contributed by atoms with Gasteiger partial charge in [-0.2, -0.15) is 5.26 Å². The van der Waals surface area contributed by atoms with Crippen LogP contribution >= 0.6 is 0 Å². The normalized spacial score (nSPS) is 12.9. The summed E-state index contributed by atoms with van der Waals surface area (Å²) in [5, 5.41) is 21.6. The first-order chi connectivity index (χ1) is 15.0. The predicted molar refractivity (Wildman–Crippen MR) is 118 cm³/mol. The van der Waals surface area contributed by atoms with Gasteiger partial charge in [-0.1, -0.05) is 97.9 Å². The van der Waals surface area contributed by atoms with Gasteiger partial charge in [-0.25, -0.2) is 4.79 Å². The number of nitriles is 1. The van der Waals surface area contributed by atoms with E-state index < -0.39 is 29.3 Å². The molecule has 0 aromatic heterocycles. The molecule has 31 heavy (non-hydrogen) atoms. The lowest BCUT2D eigenvalue weighted by molar-refractivity contribution is -0.143. The summed E-state index contributed by atoms with van der Waals surface area (Å²) in [6.07, 6.45) is 0.0201. The zero-order chi connectivity index (χ0) is 22.3. The molecule has 0 aliphatic carbocycles. The second kappa shape index (κ2) is 9.73. The molecule has 1 amide bonds. The quantitative estimate of drug-likeness (QED) is 0.544. The molecule has 0 unspecified atom stereocenters. The number of amides is 1. The van der Waals surface area contributed by atoms with Gasteiger partial charge in [0.25, 0.3) is 0 Å². The van der Waals surface area contributed by atoms with E-state index >= 15 is 0 Å². The number of carbonyl (C=O) groups is 2. The van der Waals surface area contributed by atoms with Crippen molar-refractivity contribution in [2.45, 2.75) is 24.8 Å². The lowest BCUT2D eigenvalue weighted by Crippen LogP contribution is -2.53. The summed E-state index contributed by atoms with van der Waals surface area (Å²) in [5.74, 6) is -2.17. The van der Waals surface area contributed by atoms with Gasteiger partial charge in [0.2, 0.25) is 5.91 Å². The van der Waals surface area contributed by atoms with Crippen molar-refractivity contribution in [3.63, 3.8) is 0 Å². The van der Waals surface area contributed by atoms with Crippen molar-refractivity contribution in [3.8, 4) is 6.07 Å². The summed E-state index contributed by atoms with van der Waals surface area (Å²) in [4.78, 5) is 26.0. The van der Waals surface area contributed by atoms with Crippen LogP contribution in [0.4, 0.5) is 0 Å². The Labute approximate surface area is 182 Å². The summed E-state index contributed by atoms with van der Waals surface area (Å²) in [6, 6.07) is 28.8. The van der Waals surface area contributed by atoms with Crippen molar-refractivity contribution in [1.29, 1.82) is 5.26 Å². The fraction of sp³-hybridized carbons (Fsp3) is 0.192. The molecule has 0 bridgehead atoms. The molecule has 0 spiro atoms. The molecule has 0 radical (unpaired) electrons. The Bertz CT molecular complexity index is 963. The number of hydrogen-bond donors (Lipinski definition) is 2. The van der Waals surface area contributed by atoms with E-state index in [2.05, 4.69) is 5.32 Å². The smallest absolute Gasteiger partial charge is 0.326 e. The number of carboxylic acid groups (broad SMARTS) is 1. The van der Waals surface area contributed by atoms with Gasteiger partial charge < -0.3 is 10.4 Å². The molecule has 5 heteroatoms. The van der Waals surface area contributed by atoms with E-state index in [9.17, 15) is 14.7 Å². The zero-order valence-electron chi connectivity index (χ0n) is 17.2. The molecular weight excluding hydrogens is 388 g/mol. The molecular formula is C26H24N2O3. The first-order valence-electron chi connectivity index (χ1n) is 10.1. The van der Waals surface area contributed by atoms with E-state index in [1.807, 2.05) is 97.1 Å². The molecule has 0 aliphatic heterocycles. The van der Waals surface area contributed by atoms with Crippen LogP contribution in [-0.2, 0) is 15.0 Å². The van der Waals surface area contributed by atoms with E-state index in [0.717, 1.165) is 16.7 Å². The number of rotatable bonds is 8. The zero-order valence-corrected chi connectivity index (χ0v) is 17.2. The number of benzene rings is 3. The second-order valence-corrected chi connectivity index (χ2v) is 7.48. The summed E-state index contributed by atoms with van der Waals surface area (Å²) >= 11 is 0. The van der Waals surface area contributed by atoms with Crippen LogP contribution in [0.1, 0.15) is 30.0 Å². The summed E-state index contributed by atoms with van der Waals surface area (Å²) in [7, 11) is 0. The van der Waals surface area contributed by atoms with Crippen molar-refractivity contribution in [1.82, 2.24) is 5.32 Å². The van der Waals surface area contributed by atoms with Gasteiger partial charge >= 0.3 is 5.97 Å². The SMILES string of the molecule is C[C@H](CC#N)[C@@H](NC(=O)C(c1ccccc1)(c1ccccc1)c1ccccc1)C(=O)O. The molecule has 0 fully saturated rings. The molecule has 0 saturated heterocycles. The highest BCUT2D eigenvalue weighted by molar-refractivity contribution is 5.98. The Morgan fingerprint density at radius 1 is 0.871 bits per heavy atom. The topological polar surface area (TPSA) is 90.2 Å². The number of nitrogens with zero attached hydrogens (tertiary/aromatic N) is 1. The minimum absolute atomic E-state index is 0.0201. The van der Waals surface area contributed by atoms with Crippen molar-refractivity contribution in [3.05, 3.63) is 108 Å². The molecule has 3 aromatic rings. The largest absolute Gasteiger partial charge is 0.480 e. The average molecular weight is 412 g/mol. The van der Waals surface area contributed by atoms with E-state index in [0.29, 0.717) is 0 Å². The maximum absolute atomic E-state index is 14.0. The number of aliphatic carboxylic acids is 1. The van der Waals surface area contributed by atoms with Crippen LogP contribution in [0.25, 0.3) is 0 Å². The Morgan fingerprint density at radius 2 is 1.26 bits per heavy atom. The maximum atomic E-state index is 14.0. The van der Waals surface area contributed by atoms with Crippen LogP contribution < -0.4 is 5.32 Å². The molecule has 5 nitrogen and oxygen atoms in total. The standard InChI is InChI=1S/C26H24N2O3/c1-19(17-18-27)23(24(29)30)28-25(31)26(20-11-5-2-6-12-20,21-13-7-3-8-14-21)22-15-9-4-10-16-22/h2-16,19,23H,17H2,1H3,(H,28,31)(H,29,30)/t19-,23-/m1/s1. The fourth-order valence-electron chi connectivity index (χ4n) is 3.92. The Hall–Kier alpha value is -3.91. The first kappa shape index (κ1) is 21.8. The van der Waals surface area contributed by atoms with Crippen LogP contribution in [0.2, 0.25) is 0 Å². The summed E-state index contributed by atoms with van der Waals surface area (Å²) in [5.41, 5.74) is 0.912. The number of nitrogens with one attached hydrogen (secondary N) is 1. The van der Waals surface area contributed by atoms with Crippen molar-refractivity contribution >= 4 is 11.9 Å². The Balaban J connectivity index is 2.24. The second-order valence-electron chi connectivity index (χ2n) is 7.48. The van der Waals surface area contributed by atoms with Crippen LogP contribution in [0.3, 0.4) is 0 Å².